The van der Waals surface area contributed by atoms with Crippen LogP contribution in [-0.2, 0) is 14.8 Å². The lowest BCUT2D eigenvalue weighted by atomic mass is 9.96. The number of fused-ring (bicyclic) bond motifs is 3. The molecule has 3 aromatic carbocycles. The molecule has 1 aliphatic heterocycles. The summed E-state index contributed by atoms with van der Waals surface area (Å²) >= 11 is 0. The molecule has 0 bridgehead atoms. The van der Waals surface area contributed by atoms with E-state index >= 15 is 0 Å². The van der Waals surface area contributed by atoms with E-state index in [2.05, 4.69) is 10.6 Å². The van der Waals surface area contributed by atoms with E-state index in [1.165, 1.54) is 11.4 Å². The molecule has 9 heteroatoms. The number of sulfonamides is 1. The molecule has 34 heavy (non-hydrogen) atoms. The summed E-state index contributed by atoms with van der Waals surface area (Å²) in [6, 6.07) is 16.8. The third-order valence-corrected chi connectivity index (χ3v) is 7.52. The lowest BCUT2D eigenvalue weighted by Gasteiger charge is -2.31. The Morgan fingerprint density at radius 1 is 0.971 bits per heavy atom. The van der Waals surface area contributed by atoms with Crippen molar-refractivity contribution in [3.8, 4) is 11.1 Å². The molecule has 8 nitrogen and oxygen atoms in total. The number of methoxy groups -OCH3 is 1. The summed E-state index contributed by atoms with van der Waals surface area (Å²) in [6.45, 7) is 2.49. The number of hydrogen-bond donors (Lipinski definition) is 2. The maximum absolute atomic E-state index is 13.2. The fraction of sp³-hybridized carbons (Fsp3) is 0.200. The molecule has 0 aliphatic carbocycles. The summed E-state index contributed by atoms with van der Waals surface area (Å²) in [5.41, 5.74) is 3.45. The lowest BCUT2D eigenvalue weighted by Crippen LogP contribution is -2.31. The number of nitrogens with zero attached hydrogens (tertiary/aromatic N) is 1. The summed E-state index contributed by atoms with van der Waals surface area (Å²) in [7, 11) is -0.626. The highest BCUT2D eigenvalue weighted by Crippen LogP contribution is 2.44. The molecular weight excluding hydrogens is 454 g/mol. The Kier molecular flexibility index (Phi) is 6.41. The quantitative estimate of drug-likeness (QED) is 0.527. The molecule has 0 unspecified atom stereocenters. The highest BCUT2D eigenvalue weighted by Gasteiger charge is 2.34. The van der Waals surface area contributed by atoms with Gasteiger partial charge in [0.05, 0.1) is 28.4 Å². The summed E-state index contributed by atoms with van der Waals surface area (Å²) < 4.78 is 32.2. The van der Waals surface area contributed by atoms with E-state index in [4.69, 9.17) is 4.74 Å². The number of benzene rings is 3. The molecule has 2 N–H and O–H groups in total. The van der Waals surface area contributed by atoms with Crippen LogP contribution in [0.4, 0.5) is 11.4 Å². The van der Waals surface area contributed by atoms with Crippen LogP contribution < -0.4 is 14.9 Å². The van der Waals surface area contributed by atoms with Gasteiger partial charge in [-0.15, -0.1) is 0 Å². The van der Waals surface area contributed by atoms with E-state index in [9.17, 15) is 18.0 Å². The largest absolute Gasteiger partial charge is 0.383 e. The molecule has 3 aromatic rings. The van der Waals surface area contributed by atoms with E-state index in [-0.39, 0.29) is 10.8 Å². The Morgan fingerprint density at radius 3 is 2.44 bits per heavy atom. The Morgan fingerprint density at radius 2 is 1.68 bits per heavy atom. The number of rotatable bonds is 6. The minimum Gasteiger partial charge on any atom is -0.383 e. The first-order valence-electron chi connectivity index (χ1n) is 10.7. The lowest BCUT2D eigenvalue weighted by molar-refractivity contribution is 0.0938. The second-order valence-corrected chi connectivity index (χ2v) is 9.84. The number of amides is 2. The van der Waals surface area contributed by atoms with Gasteiger partial charge in [0, 0.05) is 37.4 Å². The molecule has 0 aromatic heterocycles. The minimum atomic E-state index is -3.68. The molecular formula is C25H25N3O5S. The van der Waals surface area contributed by atoms with Crippen LogP contribution in [0.1, 0.15) is 26.3 Å². The van der Waals surface area contributed by atoms with Crippen molar-refractivity contribution in [2.45, 2.75) is 11.8 Å². The van der Waals surface area contributed by atoms with Gasteiger partial charge in [0.15, 0.2) is 0 Å². The van der Waals surface area contributed by atoms with Crippen molar-refractivity contribution in [2.75, 3.05) is 36.9 Å². The number of carbonyl (C=O) groups excluding carboxylic acids is 2. The van der Waals surface area contributed by atoms with Crippen LogP contribution in [0.25, 0.3) is 11.1 Å². The average molecular weight is 480 g/mol. The second kappa shape index (κ2) is 9.28. The summed E-state index contributed by atoms with van der Waals surface area (Å²) in [4.78, 5) is 26.0. The van der Waals surface area contributed by atoms with E-state index < -0.39 is 15.9 Å². The Bertz CT molecular complexity index is 1390. The fourth-order valence-corrected chi connectivity index (χ4v) is 5.55. The standard InChI is InChI=1S/C25H25N3O5S/c1-16-14-17(15-20-18-8-5-7-11-22(18)34(31,32)28(2)23(16)20)24(29)27-21-10-6-4-9-19(21)25(30)26-12-13-33-3/h4-11,14-15H,12-13H2,1-3H3,(H,26,30)(H,27,29). The zero-order valence-corrected chi connectivity index (χ0v) is 19.9. The Balaban J connectivity index is 1.70. The third-order valence-electron chi connectivity index (χ3n) is 5.70. The second-order valence-electron chi connectivity index (χ2n) is 7.91. The van der Waals surface area contributed by atoms with Crippen molar-refractivity contribution in [3.05, 3.63) is 77.4 Å². The number of nitrogens with one attached hydrogen (secondary N) is 2. The summed E-state index contributed by atoms with van der Waals surface area (Å²) in [6.07, 6.45) is 0. The zero-order valence-electron chi connectivity index (χ0n) is 19.1. The van der Waals surface area contributed by atoms with Gasteiger partial charge in [-0.05, 0) is 42.8 Å². The first kappa shape index (κ1) is 23.5. The molecule has 0 saturated carbocycles. The predicted octanol–water partition coefficient (Wildman–Crippen LogP) is 3.43. The van der Waals surface area contributed by atoms with Crippen LogP contribution in [-0.4, -0.2) is 47.5 Å². The molecule has 0 saturated heterocycles. The number of para-hydroxylation sites is 1. The molecule has 0 atom stereocenters. The molecule has 0 radical (unpaired) electrons. The first-order chi connectivity index (χ1) is 16.3. The number of aryl methyl sites for hydroxylation is 1. The van der Waals surface area contributed by atoms with Crippen molar-refractivity contribution in [2.24, 2.45) is 0 Å². The van der Waals surface area contributed by atoms with Crippen molar-refractivity contribution < 1.29 is 22.7 Å². The van der Waals surface area contributed by atoms with Crippen molar-refractivity contribution in [1.82, 2.24) is 5.32 Å². The Labute approximate surface area is 198 Å². The van der Waals surface area contributed by atoms with Gasteiger partial charge in [0.25, 0.3) is 21.8 Å². The molecule has 0 spiro atoms. The van der Waals surface area contributed by atoms with E-state index in [1.807, 2.05) is 0 Å². The smallest absolute Gasteiger partial charge is 0.264 e. The first-order valence-corrected chi connectivity index (χ1v) is 12.1. The average Bonchev–Trinajstić information content (AvgIpc) is 2.82. The number of ether oxygens (including phenoxy) is 1. The fourth-order valence-electron chi connectivity index (χ4n) is 4.06. The highest BCUT2D eigenvalue weighted by molar-refractivity contribution is 7.93. The van der Waals surface area contributed by atoms with Gasteiger partial charge < -0.3 is 15.4 Å². The maximum Gasteiger partial charge on any atom is 0.264 e. The van der Waals surface area contributed by atoms with Gasteiger partial charge in [-0.25, -0.2) is 8.42 Å². The van der Waals surface area contributed by atoms with Gasteiger partial charge in [-0.1, -0.05) is 30.3 Å². The highest BCUT2D eigenvalue weighted by atomic mass is 32.2. The van der Waals surface area contributed by atoms with Crippen LogP contribution in [0.3, 0.4) is 0 Å². The summed E-state index contributed by atoms with van der Waals surface area (Å²) in [5, 5.41) is 5.57. The van der Waals surface area contributed by atoms with Crippen molar-refractivity contribution in [1.29, 1.82) is 0 Å². The van der Waals surface area contributed by atoms with Crippen molar-refractivity contribution >= 4 is 33.2 Å². The van der Waals surface area contributed by atoms with Crippen LogP contribution in [0.2, 0.25) is 0 Å². The monoisotopic (exact) mass is 479 g/mol. The normalized spacial score (nSPS) is 13.6. The molecule has 1 heterocycles. The van der Waals surface area contributed by atoms with E-state index in [1.54, 1.807) is 74.7 Å². The maximum atomic E-state index is 13.2. The third kappa shape index (κ3) is 4.15. The molecule has 4 rings (SSSR count). The van der Waals surface area contributed by atoms with E-state index in [0.29, 0.717) is 52.3 Å². The van der Waals surface area contributed by atoms with Crippen molar-refractivity contribution in [3.63, 3.8) is 0 Å². The van der Waals surface area contributed by atoms with Gasteiger partial charge in [0.2, 0.25) is 0 Å². The van der Waals surface area contributed by atoms with Gasteiger partial charge in [0.1, 0.15) is 0 Å². The topological polar surface area (TPSA) is 105 Å². The predicted molar refractivity (Wildman–Crippen MR) is 131 cm³/mol. The molecule has 176 valence electrons. The zero-order chi connectivity index (χ0) is 24.5. The molecule has 2 amide bonds. The van der Waals surface area contributed by atoms with Crippen LogP contribution in [0.15, 0.2) is 65.6 Å². The van der Waals surface area contributed by atoms with Gasteiger partial charge in [-0.2, -0.15) is 0 Å². The Hall–Kier alpha value is -3.69. The van der Waals surface area contributed by atoms with Crippen LogP contribution >= 0.6 is 0 Å². The van der Waals surface area contributed by atoms with Crippen LogP contribution in [0.5, 0.6) is 0 Å². The minimum absolute atomic E-state index is 0.194. The van der Waals surface area contributed by atoms with Gasteiger partial charge in [-0.3, -0.25) is 13.9 Å². The molecule has 1 aliphatic rings. The number of anilines is 2. The number of hydrogen-bond acceptors (Lipinski definition) is 5. The van der Waals surface area contributed by atoms with E-state index in [0.717, 1.165) is 0 Å². The molecule has 0 fully saturated rings. The van der Waals surface area contributed by atoms with Gasteiger partial charge >= 0.3 is 0 Å². The summed E-state index contributed by atoms with van der Waals surface area (Å²) in [5.74, 6) is -0.730. The van der Waals surface area contributed by atoms with Crippen LogP contribution in [0, 0.1) is 6.92 Å². The SMILES string of the molecule is COCCNC(=O)c1ccccc1NC(=O)c1cc(C)c2c(c1)-c1ccccc1S(=O)(=O)N2C. The number of carbonyl (C=O) groups is 2.